The summed E-state index contributed by atoms with van der Waals surface area (Å²) in [7, 11) is 1.57. The first kappa shape index (κ1) is 20.6. The van der Waals surface area contributed by atoms with Gasteiger partial charge in [0.05, 0.1) is 29.9 Å². The number of nitrogens with zero attached hydrogens (tertiary/aromatic N) is 4. The SMILES string of the molecule is CCn1ncc2c(N[C@@H](C)C(C)C)c(C(=O)NCc3ccc(OC)nc3)cnc21. The van der Waals surface area contributed by atoms with E-state index < -0.39 is 0 Å². The van der Waals surface area contributed by atoms with Gasteiger partial charge in [-0.25, -0.2) is 14.6 Å². The summed E-state index contributed by atoms with van der Waals surface area (Å²) in [6.45, 7) is 9.48. The number of aromatic nitrogens is 4. The van der Waals surface area contributed by atoms with E-state index in [0.29, 0.717) is 30.5 Å². The Morgan fingerprint density at radius 1 is 1.17 bits per heavy atom. The average Bonchev–Trinajstić information content (AvgIpc) is 3.16. The fourth-order valence-corrected chi connectivity index (χ4v) is 2.89. The van der Waals surface area contributed by atoms with E-state index >= 15 is 0 Å². The molecule has 0 unspecified atom stereocenters. The second kappa shape index (κ2) is 8.89. The minimum Gasteiger partial charge on any atom is -0.481 e. The van der Waals surface area contributed by atoms with Gasteiger partial charge in [0.15, 0.2) is 5.65 Å². The van der Waals surface area contributed by atoms with Crippen LogP contribution in [-0.2, 0) is 13.1 Å². The molecule has 1 atom stereocenters. The Bertz CT molecular complexity index is 981. The molecular weight excluding hydrogens is 368 g/mol. The number of methoxy groups -OCH3 is 1. The third kappa shape index (κ3) is 4.47. The third-order valence-corrected chi connectivity index (χ3v) is 5.04. The van der Waals surface area contributed by atoms with Crippen molar-refractivity contribution in [1.29, 1.82) is 0 Å². The molecule has 0 aliphatic carbocycles. The molecule has 3 rings (SSSR count). The smallest absolute Gasteiger partial charge is 0.255 e. The first-order chi connectivity index (χ1) is 13.9. The molecule has 0 saturated heterocycles. The van der Waals surface area contributed by atoms with Crippen LogP contribution in [0.5, 0.6) is 5.88 Å². The summed E-state index contributed by atoms with van der Waals surface area (Å²) in [5.41, 5.74) is 2.92. The van der Waals surface area contributed by atoms with Crippen molar-refractivity contribution >= 4 is 22.6 Å². The molecule has 1 amide bonds. The Hall–Kier alpha value is -3.16. The van der Waals surface area contributed by atoms with Gasteiger partial charge in [-0.3, -0.25) is 4.79 Å². The predicted octanol–water partition coefficient (Wildman–Crippen LogP) is 3.24. The molecule has 3 aromatic heterocycles. The highest BCUT2D eigenvalue weighted by Gasteiger charge is 2.20. The first-order valence-corrected chi connectivity index (χ1v) is 9.82. The van der Waals surface area contributed by atoms with Crippen molar-refractivity contribution in [3.8, 4) is 5.88 Å². The molecule has 0 fully saturated rings. The molecule has 8 heteroatoms. The van der Waals surface area contributed by atoms with E-state index in [4.69, 9.17) is 4.74 Å². The number of rotatable bonds is 8. The van der Waals surface area contributed by atoms with Crippen molar-refractivity contribution in [3.05, 3.63) is 41.9 Å². The van der Waals surface area contributed by atoms with Crippen molar-refractivity contribution in [2.75, 3.05) is 12.4 Å². The van der Waals surface area contributed by atoms with E-state index in [1.54, 1.807) is 31.8 Å². The Labute approximate surface area is 170 Å². The summed E-state index contributed by atoms with van der Waals surface area (Å²) in [5.74, 6) is 0.746. The maximum atomic E-state index is 13.0. The molecule has 0 aromatic carbocycles. The lowest BCUT2D eigenvalue weighted by molar-refractivity contribution is 0.0951. The molecular formula is C21H28N6O2. The van der Waals surface area contributed by atoms with Crippen LogP contribution < -0.4 is 15.4 Å². The minimum absolute atomic E-state index is 0.183. The number of amides is 1. The van der Waals surface area contributed by atoms with Crippen LogP contribution in [0.4, 0.5) is 5.69 Å². The zero-order valence-corrected chi connectivity index (χ0v) is 17.6. The monoisotopic (exact) mass is 396 g/mol. The van der Waals surface area contributed by atoms with Gasteiger partial charge in [0.25, 0.3) is 5.91 Å². The Balaban J connectivity index is 1.88. The van der Waals surface area contributed by atoms with E-state index in [-0.39, 0.29) is 11.9 Å². The fraction of sp³-hybridized carbons (Fsp3) is 0.429. The van der Waals surface area contributed by atoms with Crippen molar-refractivity contribution < 1.29 is 9.53 Å². The second-order valence-electron chi connectivity index (χ2n) is 7.31. The number of aryl methyl sites for hydroxylation is 1. The number of ether oxygens (including phenoxy) is 1. The average molecular weight is 396 g/mol. The van der Waals surface area contributed by atoms with E-state index in [9.17, 15) is 4.79 Å². The van der Waals surface area contributed by atoms with Crippen molar-refractivity contribution in [3.63, 3.8) is 0 Å². The maximum absolute atomic E-state index is 13.0. The van der Waals surface area contributed by atoms with Crippen molar-refractivity contribution in [1.82, 2.24) is 25.1 Å². The van der Waals surface area contributed by atoms with E-state index in [1.807, 2.05) is 17.7 Å². The largest absolute Gasteiger partial charge is 0.481 e. The molecule has 0 aliphatic heterocycles. The van der Waals surface area contributed by atoms with Gasteiger partial charge >= 0.3 is 0 Å². The molecule has 29 heavy (non-hydrogen) atoms. The second-order valence-corrected chi connectivity index (χ2v) is 7.31. The standard InChI is InChI=1S/C21H28N6O2/c1-6-27-20-16(12-25-27)19(26-14(4)13(2)3)17(11-23-20)21(28)24-10-15-7-8-18(29-5)22-9-15/h7-9,11-14H,6,10H2,1-5H3,(H,23,26)(H,24,28)/t14-/m0/s1. The van der Waals surface area contributed by atoms with E-state index in [0.717, 1.165) is 22.3 Å². The number of hydrogen-bond donors (Lipinski definition) is 2. The van der Waals surface area contributed by atoms with Gasteiger partial charge in [-0.15, -0.1) is 0 Å². The van der Waals surface area contributed by atoms with Crippen LogP contribution >= 0.6 is 0 Å². The van der Waals surface area contributed by atoms with Crippen LogP contribution in [-0.4, -0.2) is 38.8 Å². The molecule has 0 saturated carbocycles. The molecule has 0 aliphatic rings. The van der Waals surface area contributed by atoms with Gasteiger partial charge in [0.2, 0.25) is 5.88 Å². The Morgan fingerprint density at radius 3 is 2.59 bits per heavy atom. The van der Waals surface area contributed by atoms with Crippen LogP contribution in [0.15, 0.2) is 30.7 Å². The number of carbonyl (C=O) groups excluding carboxylic acids is 1. The lowest BCUT2D eigenvalue weighted by atomic mass is 10.0. The zero-order chi connectivity index (χ0) is 21.0. The normalized spacial score (nSPS) is 12.2. The summed E-state index contributed by atoms with van der Waals surface area (Å²) in [4.78, 5) is 21.6. The molecule has 2 N–H and O–H groups in total. The summed E-state index contributed by atoms with van der Waals surface area (Å²) in [6.07, 6.45) is 5.07. The molecule has 3 aromatic rings. The Morgan fingerprint density at radius 2 is 1.97 bits per heavy atom. The summed E-state index contributed by atoms with van der Waals surface area (Å²) >= 11 is 0. The number of pyridine rings is 2. The molecule has 0 bridgehead atoms. The highest BCUT2D eigenvalue weighted by Crippen LogP contribution is 2.27. The molecule has 8 nitrogen and oxygen atoms in total. The van der Waals surface area contributed by atoms with Gasteiger partial charge < -0.3 is 15.4 Å². The van der Waals surface area contributed by atoms with Gasteiger partial charge in [-0.1, -0.05) is 19.9 Å². The van der Waals surface area contributed by atoms with Crippen molar-refractivity contribution in [2.45, 2.75) is 46.8 Å². The zero-order valence-electron chi connectivity index (χ0n) is 17.6. The number of nitrogens with one attached hydrogen (secondary N) is 2. The predicted molar refractivity (Wildman–Crippen MR) is 113 cm³/mol. The quantitative estimate of drug-likeness (QED) is 0.607. The lowest BCUT2D eigenvalue weighted by Crippen LogP contribution is -2.27. The summed E-state index contributed by atoms with van der Waals surface area (Å²) < 4.78 is 6.89. The number of anilines is 1. The highest BCUT2D eigenvalue weighted by molar-refractivity contribution is 6.06. The number of hydrogen-bond acceptors (Lipinski definition) is 6. The fourth-order valence-electron chi connectivity index (χ4n) is 2.89. The van der Waals surface area contributed by atoms with E-state index in [1.165, 1.54) is 0 Å². The Kier molecular flexibility index (Phi) is 6.31. The summed E-state index contributed by atoms with van der Waals surface area (Å²) in [6, 6.07) is 3.83. The van der Waals surface area contributed by atoms with Crippen LogP contribution in [0.1, 0.15) is 43.6 Å². The lowest BCUT2D eigenvalue weighted by Gasteiger charge is -2.21. The topological polar surface area (TPSA) is 94.0 Å². The number of fused-ring (bicyclic) bond motifs is 1. The van der Waals surface area contributed by atoms with Crippen LogP contribution in [0.25, 0.3) is 11.0 Å². The molecule has 0 spiro atoms. The van der Waals surface area contributed by atoms with Gasteiger partial charge in [-0.2, -0.15) is 5.10 Å². The highest BCUT2D eigenvalue weighted by atomic mass is 16.5. The first-order valence-electron chi connectivity index (χ1n) is 9.82. The van der Waals surface area contributed by atoms with Crippen LogP contribution in [0, 0.1) is 5.92 Å². The summed E-state index contributed by atoms with van der Waals surface area (Å²) in [5, 5.41) is 11.7. The number of carbonyl (C=O) groups is 1. The van der Waals surface area contributed by atoms with Crippen LogP contribution in [0.2, 0.25) is 0 Å². The van der Waals surface area contributed by atoms with Gasteiger partial charge in [-0.05, 0) is 25.3 Å². The molecule has 0 radical (unpaired) electrons. The van der Waals surface area contributed by atoms with Crippen LogP contribution in [0.3, 0.4) is 0 Å². The minimum atomic E-state index is -0.196. The maximum Gasteiger partial charge on any atom is 0.255 e. The van der Waals surface area contributed by atoms with E-state index in [2.05, 4.69) is 46.5 Å². The van der Waals surface area contributed by atoms with Gasteiger partial charge in [0, 0.05) is 37.6 Å². The molecule has 154 valence electrons. The third-order valence-electron chi connectivity index (χ3n) is 5.04. The molecule has 3 heterocycles. The van der Waals surface area contributed by atoms with Gasteiger partial charge in [0.1, 0.15) is 0 Å². The van der Waals surface area contributed by atoms with Crippen molar-refractivity contribution in [2.24, 2.45) is 5.92 Å².